The van der Waals surface area contributed by atoms with Gasteiger partial charge in [0.05, 0.1) is 18.1 Å². The third-order valence-electron chi connectivity index (χ3n) is 3.40. The van der Waals surface area contributed by atoms with E-state index >= 15 is 0 Å². The number of hydrogen-bond acceptors (Lipinski definition) is 3. The predicted octanol–water partition coefficient (Wildman–Crippen LogP) is 1.31. The molecule has 0 aliphatic heterocycles. The maximum absolute atomic E-state index is 11.3. The minimum Gasteiger partial charge on any atom is -0.481 e. The second kappa shape index (κ2) is 4.47. The predicted molar refractivity (Wildman–Crippen MR) is 61.7 cm³/mol. The number of rotatable bonds is 4. The third-order valence-corrected chi connectivity index (χ3v) is 3.40. The molecular weight excluding hydrogens is 220 g/mol. The summed E-state index contributed by atoms with van der Waals surface area (Å²) < 4.78 is 5.00. The Morgan fingerprint density at radius 3 is 2.41 bits per heavy atom. The van der Waals surface area contributed by atoms with E-state index in [4.69, 9.17) is 4.74 Å². The summed E-state index contributed by atoms with van der Waals surface area (Å²) in [5, 5.41) is 18.6. The zero-order valence-corrected chi connectivity index (χ0v) is 9.72. The van der Waals surface area contributed by atoms with Crippen LogP contribution in [0.15, 0.2) is 24.3 Å². The van der Waals surface area contributed by atoms with Gasteiger partial charge in [-0.05, 0) is 24.0 Å². The number of aliphatic hydroxyl groups excluding tert-OH is 1. The van der Waals surface area contributed by atoms with Crippen LogP contribution in [-0.2, 0) is 21.6 Å². The largest absolute Gasteiger partial charge is 0.481 e. The van der Waals surface area contributed by atoms with E-state index in [1.54, 1.807) is 7.11 Å². The van der Waals surface area contributed by atoms with Crippen LogP contribution >= 0.6 is 0 Å². The van der Waals surface area contributed by atoms with Crippen molar-refractivity contribution in [2.45, 2.75) is 31.0 Å². The first-order valence-electron chi connectivity index (χ1n) is 5.58. The number of methoxy groups -OCH3 is 1. The maximum Gasteiger partial charge on any atom is 0.314 e. The van der Waals surface area contributed by atoms with Crippen molar-refractivity contribution in [2.24, 2.45) is 0 Å². The molecule has 0 spiro atoms. The van der Waals surface area contributed by atoms with Gasteiger partial charge in [0.2, 0.25) is 0 Å². The second-order valence-corrected chi connectivity index (χ2v) is 4.58. The Bertz CT molecular complexity index is 404. The van der Waals surface area contributed by atoms with E-state index in [0.717, 1.165) is 11.1 Å². The average molecular weight is 236 g/mol. The van der Waals surface area contributed by atoms with Crippen molar-refractivity contribution in [1.82, 2.24) is 0 Å². The molecule has 0 amide bonds. The molecule has 0 bridgehead atoms. The Balaban J connectivity index is 2.23. The van der Waals surface area contributed by atoms with Gasteiger partial charge in [0.1, 0.15) is 0 Å². The van der Waals surface area contributed by atoms with Crippen molar-refractivity contribution in [1.29, 1.82) is 0 Å². The minimum absolute atomic E-state index is 0.298. The lowest BCUT2D eigenvalue weighted by molar-refractivity contribution is -0.152. The molecule has 0 saturated heterocycles. The number of benzene rings is 1. The van der Waals surface area contributed by atoms with E-state index in [1.807, 2.05) is 24.3 Å². The van der Waals surface area contributed by atoms with Gasteiger partial charge < -0.3 is 14.9 Å². The summed E-state index contributed by atoms with van der Waals surface area (Å²) in [6, 6.07) is 7.37. The van der Waals surface area contributed by atoms with Crippen LogP contribution in [0.3, 0.4) is 0 Å². The normalized spacial score (nSPS) is 27.5. The molecule has 1 fully saturated rings. The lowest BCUT2D eigenvalue weighted by Gasteiger charge is -2.42. The fourth-order valence-corrected chi connectivity index (χ4v) is 2.37. The molecule has 17 heavy (non-hydrogen) atoms. The molecule has 1 aromatic carbocycles. The highest BCUT2D eigenvalue weighted by Gasteiger charge is 2.51. The molecule has 0 unspecified atom stereocenters. The highest BCUT2D eigenvalue weighted by atomic mass is 16.5. The Hall–Kier alpha value is -1.39. The van der Waals surface area contributed by atoms with Gasteiger partial charge in [-0.2, -0.15) is 0 Å². The smallest absolute Gasteiger partial charge is 0.314 e. The van der Waals surface area contributed by atoms with Gasteiger partial charge in [0.15, 0.2) is 0 Å². The molecule has 4 nitrogen and oxygen atoms in total. The summed E-state index contributed by atoms with van der Waals surface area (Å²) in [7, 11) is 1.62. The van der Waals surface area contributed by atoms with E-state index < -0.39 is 17.5 Å². The number of aliphatic carboxylic acids is 1. The monoisotopic (exact) mass is 236 g/mol. The fourth-order valence-electron chi connectivity index (χ4n) is 2.37. The van der Waals surface area contributed by atoms with E-state index in [-0.39, 0.29) is 0 Å². The van der Waals surface area contributed by atoms with Crippen LogP contribution in [0.1, 0.15) is 24.0 Å². The molecule has 0 atom stereocenters. The van der Waals surface area contributed by atoms with Crippen molar-refractivity contribution in [2.75, 3.05) is 7.11 Å². The van der Waals surface area contributed by atoms with Gasteiger partial charge in [0, 0.05) is 7.11 Å². The van der Waals surface area contributed by atoms with Gasteiger partial charge in [-0.1, -0.05) is 24.3 Å². The highest BCUT2D eigenvalue weighted by molar-refractivity contribution is 5.83. The molecule has 92 valence electrons. The fraction of sp³-hybridized carbons (Fsp3) is 0.462. The lowest BCUT2D eigenvalue weighted by atomic mass is 9.62. The highest BCUT2D eigenvalue weighted by Crippen LogP contribution is 2.44. The zero-order valence-electron chi connectivity index (χ0n) is 9.72. The van der Waals surface area contributed by atoms with Crippen LogP contribution in [0.5, 0.6) is 0 Å². The first-order chi connectivity index (χ1) is 8.08. The molecule has 2 rings (SSSR count). The Labute approximate surface area is 99.8 Å². The molecule has 1 aliphatic rings. The summed E-state index contributed by atoms with van der Waals surface area (Å²) in [6.07, 6.45) is 0.0996. The first-order valence-corrected chi connectivity index (χ1v) is 5.58. The molecular formula is C13H16O4. The topological polar surface area (TPSA) is 66.8 Å². The number of carboxylic acid groups (broad SMARTS) is 1. The molecule has 0 aromatic heterocycles. The van der Waals surface area contributed by atoms with Gasteiger partial charge in [-0.3, -0.25) is 4.79 Å². The lowest BCUT2D eigenvalue weighted by Crippen LogP contribution is -2.50. The average Bonchev–Trinajstić information content (AvgIpc) is 2.26. The maximum atomic E-state index is 11.3. The van der Waals surface area contributed by atoms with Crippen molar-refractivity contribution in [3.8, 4) is 0 Å². The summed E-state index contributed by atoms with van der Waals surface area (Å²) >= 11 is 0. The van der Waals surface area contributed by atoms with Crippen molar-refractivity contribution in [3.05, 3.63) is 35.4 Å². The molecule has 0 heterocycles. The van der Waals surface area contributed by atoms with Crippen LogP contribution in [0.2, 0.25) is 0 Å². The molecule has 1 aromatic rings. The van der Waals surface area contributed by atoms with E-state index in [2.05, 4.69) is 0 Å². The number of hydrogen-bond donors (Lipinski definition) is 2. The quantitative estimate of drug-likeness (QED) is 0.827. The summed E-state index contributed by atoms with van der Waals surface area (Å²) in [5.74, 6) is -0.859. The van der Waals surface area contributed by atoms with Crippen molar-refractivity contribution >= 4 is 5.97 Å². The van der Waals surface area contributed by atoms with Gasteiger partial charge in [-0.15, -0.1) is 0 Å². The number of ether oxygens (including phenoxy) is 1. The summed E-state index contributed by atoms with van der Waals surface area (Å²) in [4.78, 5) is 11.3. The van der Waals surface area contributed by atoms with Crippen LogP contribution in [0, 0.1) is 0 Å². The molecule has 2 N–H and O–H groups in total. The Morgan fingerprint density at radius 1 is 1.41 bits per heavy atom. The molecule has 1 saturated carbocycles. The van der Waals surface area contributed by atoms with Crippen LogP contribution in [0.25, 0.3) is 0 Å². The molecule has 4 heteroatoms. The van der Waals surface area contributed by atoms with Gasteiger partial charge in [-0.25, -0.2) is 0 Å². The van der Waals surface area contributed by atoms with Crippen molar-refractivity contribution < 1.29 is 19.7 Å². The summed E-state index contributed by atoms with van der Waals surface area (Å²) in [5.41, 5.74) is 0.872. The second-order valence-electron chi connectivity index (χ2n) is 4.58. The van der Waals surface area contributed by atoms with Gasteiger partial charge in [0.25, 0.3) is 0 Å². The minimum atomic E-state index is -0.898. The Morgan fingerprint density at radius 2 is 2.00 bits per heavy atom. The van der Waals surface area contributed by atoms with Crippen molar-refractivity contribution in [3.63, 3.8) is 0 Å². The van der Waals surface area contributed by atoms with E-state index in [1.165, 1.54) is 0 Å². The SMILES string of the molecule is COCc1ccc(C2(C(=O)O)CC(O)C2)cc1. The Kier molecular flexibility index (Phi) is 3.17. The van der Waals surface area contributed by atoms with Crippen LogP contribution in [0.4, 0.5) is 0 Å². The standard InChI is InChI=1S/C13H16O4/c1-17-8-9-2-4-10(5-3-9)13(12(15)16)6-11(14)7-13/h2-5,11,14H,6-8H2,1H3,(H,15,16). The third kappa shape index (κ3) is 2.06. The van der Waals surface area contributed by atoms with Gasteiger partial charge >= 0.3 is 5.97 Å². The molecule has 1 aliphatic carbocycles. The summed E-state index contributed by atoms with van der Waals surface area (Å²) in [6.45, 7) is 0.517. The van der Waals surface area contributed by atoms with Crippen LogP contribution in [-0.4, -0.2) is 29.4 Å². The number of aliphatic hydroxyl groups is 1. The van der Waals surface area contributed by atoms with E-state index in [9.17, 15) is 15.0 Å². The van der Waals surface area contributed by atoms with E-state index in [0.29, 0.717) is 19.4 Å². The molecule has 0 radical (unpaired) electrons. The zero-order chi connectivity index (χ0) is 12.5. The first kappa shape index (κ1) is 12.1. The van der Waals surface area contributed by atoms with Crippen LogP contribution < -0.4 is 0 Å². The number of carbonyl (C=O) groups is 1. The number of carboxylic acids is 1.